The number of rotatable bonds is 0. The van der Waals surface area contributed by atoms with Gasteiger partial charge in [-0.3, -0.25) is 14.5 Å². The third-order valence-corrected chi connectivity index (χ3v) is 2.54. The summed E-state index contributed by atoms with van der Waals surface area (Å²) < 4.78 is 0.732. The molecule has 2 heterocycles. The Morgan fingerprint density at radius 2 is 2.15 bits per heavy atom. The maximum Gasteiger partial charge on any atom is 0.299 e. The van der Waals surface area contributed by atoms with Crippen LogP contribution in [0, 0.1) is 0 Å². The molecule has 66 valence electrons. The highest BCUT2D eigenvalue weighted by Crippen LogP contribution is 2.28. The van der Waals surface area contributed by atoms with Crippen LogP contribution in [0.3, 0.4) is 0 Å². The Morgan fingerprint density at radius 3 is 2.85 bits per heavy atom. The summed E-state index contributed by atoms with van der Waals surface area (Å²) in [5.74, 6) is -0.529. The van der Waals surface area contributed by atoms with Crippen molar-refractivity contribution in [2.75, 3.05) is 7.05 Å². The third-order valence-electron chi connectivity index (χ3n) is 1.91. The molecular formula is C8H5BrN2O2. The van der Waals surface area contributed by atoms with E-state index < -0.39 is 11.7 Å². The van der Waals surface area contributed by atoms with E-state index in [0.29, 0.717) is 11.4 Å². The summed E-state index contributed by atoms with van der Waals surface area (Å²) in [6.07, 6.45) is 2.87. The van der Waals surface area contributed by atoms with Gasteiger partial charge in [-0.05, 0) is 15.9 Å². The lowest BCUT2D eigenvalue weighted by molar-refractivity contribution is -0.139. The van der Waals surface area contributed by atoms with Gasteiger partial charge < -0.3 is 0 Å². The van der Waals surface area contributed by atoms with Crippen molar-refractivity contribution in [3.05, 3.63) is 22.3 Å². The van der Waals surface area contributed by atoms with Gasteiger partial charge in [0, 0.05) is 29.4 Å². The van der Waals surface area contributed by atoms with Crippen molar-refractivity contribution in [3.63, 3.8) is 0 Å². The number of fused-ring (bicyclic) bond motifs is 1. The molecule has 0 aromatic heterocycles. The van der Waals surface area contributed by atoms with E-state index in [2.05, 4.69) is 20.9 Å². The van der Waals surface area contributed by atoms with Gasteiger partial charge in [-0.15, -0.1) is 0 Å². The van der Waals surface area contributed by atoms with Gasteiger partial charge in [0.2, 0.25) is 5.78 Å². The van der Waals surface area contributed by atoms with Crippen molar-refractivity contribution in [2.24, 2.45) is 4.99 Å². The van der Waals surface area contributed by atoms with Crippen LogP contribution in [-0.2, 0) is 9.59 Å². The Morgan fingerprint density at radius 1 is 1.46 bits per heavy atom. The lowest BCUT2D eigenvalue weighted by atomic mass is 10.1. The van der Waals surface area contributed by atoms with Crippen LogP contribution in [0.1, 0.15) is 0 Å². The SMILES string of the molecule is CN1C(=O)C(=O)C=C2C(Br)=CN=C21. The van der Waals surface area contributed by atoms with Gasteiger partial charge >= 0.3 is 0 Å². The van der Waals surface area contributed by atoms with Crippen LogP contribution in [0.2, 0.25) is 0 Å². The van der Waals surface area contributed by atoms with E-state index in [9.17, 15) is 9.59 Å². The summed E-state index contributed by atoms with van der Waals surface area (Å²) in [7, 11) is 1.53. The average molecular weight is 241 g/mol. The zero-order chi connectivity index (χ0) is 9.59. The number of ketones is 1. The molecule has 2 aliphatic rings. The molecule has 13 heavy (non-hydrogen) atoms. The van der Waals surface area contributed by atoms with Crippen molar-refractivity contribution in [1.82, 2.24) is 4.90 Å². The summed E-state index contributed by atoms with van der Waals surface area (Å²) in [6, 6.07) is 0. The molecule has 2 rings (SSSR count). The summed E-state index contributed by atoms with van der Waals surface area (Å²) >= 11 is 3.24. The molecule has 0 N–H and O–H groups in total. The maximum atomic E-state index is 11.2. The molecule has 0 aromatic carbocycles. The van der Waals surface area contributed by atoms with Gasteiger partial charge in [0.1, 0.15) is 5.84 Å². The zero-order valence-electron chi connectivity index (χ0n) is 6.74. The second kappa shape index (κ2) is 2.63. The summed E-state index contributed by atoms with van der Waals surface area (Å²) in [5, 5.41) is 0. The minimum Gasteiger partial charge on any atom is -0.292 e. The Hall–Kier alpha value is -1.23. The number of hydrogen-bond acceptors (Lipinski definition) is 3. The molecule has 4 nitrogen and oxygen atoms in total. The van der Waals surface area contributed by atoms with E-state index in [1.807, 2.05) is 0 Å². The quantitative estimate of drug-likeness (QED) is 0.583. The van der Waals surface area contributed by atoms with Crippen LogP contribution in [0.25, 0.3) is 0 Å². The third kappa shape index (κ3) is 1.07. The summed E-state index contributed by atoms with van der Waals surface area (Å²) in [5.41, 5.74) is 0.673. The topological polar surface area (TPSA) is 49.7 Å². The molecule has 5 heteroatoms. The predicted molar refractivity (Wildman–Crippen MR) is 50.3 cm³/mol. The predicted octanol–water partition coefficient (Wildman–Crippen LogP) is 0.602. The van der Waals surface area contributed by atoms with Crippen LogP contribution in [-0.4, -0.2) is 29.5 Å². The number of amidine groups is 1. The monoisotopic (exact) mass is 240 g/mol. The van der Waals surface area contributed by atoms with Crippen molar-refractivity contribution in [1.29, 1.82) is 0 Å². The molecule has 0 saturated heterocycles. The number of amides is 1. The second-order valence-electron chi connectivity index (χ2n) is 2.72. The average Bonchev–Trinajstić information content (AvgIpc) is 2.45. The van der Waals surface area contributed by atoms with Crippen molar-refractivity contribution in [3.8, 4) is 0 Å². The van der Waals surface area contributed by atoms with E-state index in [1.54, 1.807) is 6.20 Å². The molecule has 1 amide bonds. The zero-order valence-corrected chi connectivity index (χ0v) is 8.33. The molecule has 0 bridgehead atoms. The highest BCUT2D eigenvalue weighted by atomic mass is 79.9. The van der Waals surface area contributed by atoms with Crippen LogP contribution < -0.4 is 0 Å². The largest absolute Gasteiger partial charge is 0.299 e. The van der Waals surface area contributed by atoms with Gasteiger partial charge in [-0.1, -0.05) is 0 Å². The first-order chi connectivity index (χ1) is 6.11. The molecule has 0 radical (unpaired) electrons. The minimum atomic E-state index is -0.543. The molecular weight excluding hydrogens is 236 g/mol. The number of aliphatic imine (C=N–C) groups is 1. The summed E-state index contributed by atoms with van der Waals surface area (Å²) in [4.78, 5) is 27.6. The van der Waals surface area contributed by atoms with Crippen molar-refractivity contribution in [2.45, 2.75) is 0 Å². The maximum absolute atomic E-state index is 11.2. The number of carbonyl (C=O) groups excluding carboxylic acids is 2. The van der Waals surface area contributed by atoms with Gasteiger partial charge in [0.05, 0.1) is 0 Å². The van der Waals surface area contributed by atoms with Crippen LogP contribution in [0.15, 0.2) is 27.3 Å². The summed E-state index contributed by atoms with van der Waals surface area (Å²) in [6.45, 7) is 0. The lowest BCUT2D eigenvalue weighted by Crippen LogP contribution is -2.41. The number of carbonyl (C=O) groups is 2. The fraction of sp³-hybridized carbons (Fsp3) is 0.125. The molecule has 0 atom stereocenters. The van der Waals surface area contributed by atoms with Gasteiger partial charge in [-0.2, -0.15) is 0 Å². The Labute approximate surface area is 82.7 Å². The molecule has 0 spiro atoms. The van der Waals surface area contributed by atoms with E-state index in [0.717, 1.165) is 4.48 Å². The molecule has 0 fully saturated rings. The van der Waals surface area contributed by atoms with Crippen LogP contribution >= 0.6 is 15.9 Å². The highest BCUT2D eigenvalue weighted by molar-refractivity contribution is 9.12. The van der Waals surface area contributed by atoms with Gasteiger partial charge in [0.25, 0.3) is 5.91 Å². The Kier molecular flexibility index (Phi) is 1.69. The van der Waals surface area contributed by atoms with Gasteiger partial charge in [-0.25, -0.2) is 4.99 Å². The number of hydrogen-bond donors (Lipinski definition) is 0. The molecule has 2 aliphatic heterocycles. The van der Waals surface area contributed by atoms with Crippen molar-refractivity contribution < 1.29 is 9.59 Å². The van der Waals surface area contributed by atoms with E-state index in [1.165, 1.54) is 18.0 Å². The standard InChI is InChI=1S/C8H5BrN2O2/c1-11-7-4(5(9)3-10-7)2-6(12)8(11)13/h2-3H,1H3. The number of nitrogens with zero attached hydrogens (tertiary/aromatic N) is 2. The lowest BCUT2D eigenvalue weighted by Gasteiger charge is -2.20. The fourth-order valence-corrected chi connectivity index (χ4v) is 1.61. The van der Waals surface area contributed by atoms with E-state index in [4.69, 9.17) is 0 Å². The van der Waals surface area contributed by atoms with E-state index >= 15 is 0 Å². The Bertz CT molecular complexity index is 406. The first-order valence-electron chi connectivity index (χ1n) is 3.59. The second-order valence-corrected chi connectivity index (χ2v) is 3.57. The fourth-order valence-electron chi connectivity index (χ4n) is 1.22. The molecule has 0 unspecified atom stereocenters. The number of halogens is 1. The van der Waals surface area contributed by atoms with E-state index in [-0.39, 0.29) is 0 Å². The van der Waals surface area contributed by atoms with Crippen LogP contribution in [0.4, 0.5) is 0 Å². The minimum absolute atomic E-state index is 0.510. The van der Waals surface area contributed by atoms with Crippen molar-refractivity contribution >= 4 is 33.5 Å². The normalized spacial score (nSPS) is 21.1. The molecule has 0 aromatic rings. The highest BCUT2D eigenvalue weighted by Gasteiger charge is 2.32. The number of likely N-dealkylation sites (N-methyl/N-ethyl adjacent to an activating group) is 1. The first kappa shape index (κ1) is 8.37. The molecule has 0 saturated carbocycles. The smallest absolute Gasteiger partial charge is 0.292 e. The van der Waals surface area contributed by atoms with Crippen LogP contribution in [0.5, 0.6) is 0 Å². The Balaban J connectivity index is 2.54. The first-order valence-corrected chi connectivity index (χ1v) is 4.38. The van der Waals surface area contributed by atoms with Gasteiger partial charge in [0.15, 0.2) is 0 Å². The molecule has 0 aliphatic carbocycles.